The van der Waals surface area contributed by atoms with Crippen molar-refractivity contribution in [3.8, 4) is 0 Å². The molecular weight excluding hydrogens is 348 g/mol. The quantitative estimate of drug-likeness (QED) is 0.672. The van der Waals surface area contributed by atoms with Gasteiger partial charge in [-0.05, 0) is 23.5 Å². The van der Waals surface area contributed by atoms with Crippen LogP contribution in [-0.2, 0) is 22.6 Å². The minimum Gasteiger partial charge on any atom is -0.354 e. The Balaban J connectivity index is 2.31. The molecule has 0 aliphatic carbocycles. The number of rotatable bonds is 10. The summed E-state index contributed by atoms with van der Waals surface area (Å²) in [5.41, 5.74) is 2.08. The largest absolute Gasteiger partial charge is 0.354 e. The van der Waals surface area contributed by atoms with E-state index >= 15 is 0 Å². The van der Waals surface area contributed by atoms with E-state index in [0.717, 1.165) is 17.5 Å². The van der Waals surface area contributed by atoms with Crippen LogP contribution < -0.4 is 5.32 Å². The van der Waals surface area contributed by atoms with Gasteiger partial charge in [0.1, 0.15) is 6.04 Å². The van der Waals surface area contributed by atoms with Crippen LogP contribution in [0.2, 0.25) is 0 Å². The fourth-order valence-electron chi connectivity index (χ4n) is 3.11. The topological polar surface area (TPSA) is 49.4 Å². The van der Waals surface area contributed by atoms with Gasteiger partial charge in [-0.25, -0.2) is 0 Å². The number of nitrogens with zero attached hydrogens (tertiary/aromatic N) is 1. The van der Waals surface area contributed by atoms with E-state index in [0.29, 0.717) is 31.8 Å². The van der Waals surface area contributed by atoms with E-state index in [1.54, 1.807) is 4.90 Å². The van der Waals surface area contributed by atoms with Gasteiger partial charge in [0.05, 0.1) is 0 Å². The van der Waals surface area contributed by atoms with E-state index in [2.05, 4.69) is 19.2 Å². The maximum absolute atomic E-state index is 13.1. The van der Waals surface area contributed by atoms with E-state index < -0.39 is 6.04 Å². The Kier molecular flexibility index (Phi) is 8.73. The molecule has 0 aromatic heterocycles. The maximum Gasteiger partial charge on any atom is 0.243 e. The Bertz CT molecular complexity index is 729. The number of hydrogen-bond acceptors (Lipinski definition) is 2. The molecule has 0 aliphatic heterocycles. The fraction of sp³-hybridized carbons (Fsp3) is 0.417. The first-order valence-corrected chi connectivity index (χ1v) is 10.2. The predicted octanol–water partition coefficient (Wildman–Crippen LogP) is 4.20. The molecule has 2 rings (SSSR count). The van der Waals surface area contributed by atoms with Crippen molar-refractivity contribution in [3.05, 3.63) is 71.8 Å². The van der Waals surface area contributed by atoms with Gasteiger partial charge in [-0.15, -0.1) is 0 Å². The third-order valence-corrected chi connectivity index (χ3v) is 4.62. The zero-order chi connectivity index (χ0) is 20.4. The van der Waals surface area contributed by atoms with Crippen LogP contribution in [0.1, 0.15) is 44.7 Å². The second-order valence-electron chi connectivity index (χ2n) is 7.60. The van der Waals surface area contributed by atoms with Crippen molar-refractivity contribution < 1.29 is 9.59 Å². The number of hydrogen-bond donors (Lipinski definition) is 1. The summed E-state index contributed by atoms with van der Waals surface area (Å²) in [6.07, 6.45) is 1.71. The van der Waals surface area contributed by atoms with Crippen molar-refractivity contribution in [2.45, 2.75) is 52.6 Å². The van der Waals surface area contributed by atoms with Gasteiger partial charge in [0, 0.05) is 25.9 Å². The number of carbonyl (C=O) groups is 2. The first-order chi connectivity index (χ1) is 13.5. The van der Waals surface area contributed by atoms with Crippen LogP contribution in [0.15, 0.2) is 60.7 Å². The highest BCUT2D eigenvalue weighted by molar-refractivity contribution is 5.88. The standard InChI is InChI=1S/C24H32N2O2/c1-4-11-23(27)26(18-21-14-9-6-10-15-21)22(24(28)25-17-19(2)3)16-20-12-7-5-8-13-20/h5-10,12-15,19,22H,4,11,16-18H2,1-3H3,(H,25,28)/t22-/m1/s1. The summed E-state index contributed by atoms with van der Waals surface area (Å²) in [4.78, 5) is 27.8. The maximum atomic E-state index is 13.1. The molecule has 4 heteroatoms. The van der Waals surface area contributed by atoms with Crippen LogP contribution in [0.4, 0.5) is 0 Å². The monoisotopic (exact) mass is 380 g/mol. The Labute approximate surface area is 169 Å². The van der Waals surface area contributed by atoms with Gasteiger partial charge < -0.3 is 10.2 Å². The molecule has 0 saturated heterocycles. The molecule has 0 unspecified atom stereocenters. The lowest BCUT2D eigenvalue weighted by Gasteiger charge is -2.31. The molecule has 28 heavy (non-hydrogen) atoms. The van der Waals surface area contributed by atoms with Gasteiger partial charge in [-0.1, -0.05) is 81.4 Å². The SMILES string of the molecule is CCCC(=O)N(Cc1ccccc1)[C@H](Cc1ccccc1)C(=O)NCC(C)C. The van der Waals surface area contributed by atoms with Crippen molar-refractivity contribution in [2.24, 2.45) is 5.92 Å². The van der Waals surface area contributed by atoms with E-state index in [1.807, 2.05) is 67.6 Å². The highest BCUT2D eigenvalue weighted by atomic mass is 16.2. The van der Waals surface area contributed by atoms with E-state index in [4.69, 9.17) is 0 Å². The molecule has 0 bridgehead atoms. The summed E-state index contributed by atoms with van der Waals surface area (Å²) in [5.74, 6) is 0.292. The fourth-order valence-corrected chi connectivity index (χ4v) is 3.11. The Hall–Kier alpha value is -2.62. The molecule has 2 aromatic rings. The summed E-state index contributed by atoms with van der Waals surface area (Å²) < 4.78 is 0. The van der Waals surface area contributed by atoms with Crippen molar-refractivity contribution in [1.29, 1.82) is 0 Å². The van der Waals surface area contributed by atoms with Crippen LogP contribution in [0.25, 0.3) is 0 Å². The second kappa shape index (κ2) is 11.3. The van der Waals surface area contributed by atoms with Crippen molar-refractivity contribution >= 4 is 11.8 Å². The molecule has 2 amide bonds. The summed E-state index contributed by atoms with van der Waals surface area (Å²) in [5, 5.41) is 3.03. The summed E-state index contributed by atoms with van der Waals surface area (Å²) in [6.45, 7) is 7.16. The van der Waals surface area contributed by atoms with Gasteiger partial charge >= 0.3 is 0 Å². The van der Waals surface area contributed by atoms with Crippen molar-refractivity contribution in [3.63, 3.8) is 0 Å². The summed E-state index contributed by atoms with van der Waals surface area (Å²) in [7, 11) is 0. The van der Waals surface area contributed by atoms with E-state index in [1.165, 1.54) is 0 Å². The molecule has 150 valence electrons. The van der Waals surface area contributed by atoms with Crippen LogP contribution in [0.5, 0.6) is 0 Å². The lowest BCUT2D eigenvalue weighted by Crippen LogP contribution is -2.51. The zero-order valence-electron chi connectivity index (χ0n) is 17.2. The third kappa shape index (κ3) is 6.84. The molecule has 0 aliphatic rings. The van der Waals surface area contributed by atoms with Crippen LogP contribution in [-0.4, -0.2) is 29.3 Å². The molecule has 0 saturated carbocycles. The summed E-state index contributed by atoms with van der Waals surface area (Å²) in [6, 6.07) is 19.3. The third-order valence-electron chi connectivity index (χ3n) is 4.62. The second-order valence-corrected chi connectivity index (χ2v) is 7.60. The molecule has 2 aromatic carbocycles. The normalized spacial score (nSPS) is 11.9. The van der Waals surface area contributed by atoms with Gasteiger partial charge in [0.2, 0.25) is 11.8 Å². The number of amides is 2. The minimum atomic E-state index is -0.527. The molecule has 1 atom stereocenters. The van der Waals surface area contributed by atoms with Gasteiger partial charge in [-0.3, -0.25) is 9.59 Å². The Morgan fingerprint density at radius 1 is 0.929 bits per heavy atom. The van der Waals surface area contributed by atoms with Crippen LogP contribution in [0.3, 0.4) is 0 Å². The molecule has 0 radical (unpaired) electrons. The number of benzene rings is 2. The first-order valence-electron chi connectivity index (χ1n) is 10.2. The number of nitrogens with one attached hydrogen (secondary N) is 1. The number of carbonyl (C=O) groups excluding carboxylic acids is 2. The average molecular weight is 381 g/mol. The highest BCUT2D eigenvalue weighted by Gasteiger charge is 2.29. The Morgan fingerprint density at radius 2 is 1.50 bits per heavy atom. The first kappa shape index (κ1) is 21.7. The van der Waals surface area contributed by atoms with Crippen LogP contribution in [0, 0.1) is 5.92 Å². The smallest absolute Gasteiger partial charge is 0.243 e. The van der Waals surface area contributed by atoms with Crippen LogP contribution >= 0.6 is 0 Å². The molecular formula is C24H32N2O2. The van der Waals surface area contributed by atoms with Gasteiger partial charge in [0.15, 0.2) is 0 Å². The minimum absolute atomic E-state index is 0.0204. The highest BCUT2D eigenvalue weighted by Crippen LogP contribution is 2.16. The lowest BCUT2D eigenvalue weighted by atomic mass is 10.0. The Morgan fingerprint density at radius 3 is 2.04 bits per heavy atom. The molecule has 0 heterocycles. The van der Waals surface area contributed by atoms with Gasteiger partial charge in [0.25, 0.3) is 0 Å². The van der Waals surface area contributed by atoms with Crippen molar-refractivity contribution in [2.75, 3.05) is 6.54 Å². The molecule has 0 spiro atoms. The average Bonchev–Trinajstić information content (AvgIpc) is 2.70. The lowest BCUT2D eigenvalue weighted by molar-refractivity contribution is -0.141. The van der Waals surface area contributed by atoms with Gasteiger partial charge in [-0.2, -0.15) is 0 Å². The molecule has 0 fully saturated rings. The molecule has 4 nitrogen and oxygen atoms in total. The summed E-state index contributed by atoms with van der Waals surface area (Å²) >= 11 is 0. The predicted molar refractivity (Wildman–Crippen MR) is 114 cm³/mol. The van der Waals surface area contributed by atoms with E-state index in [9.17, 15) is 9.59 Å². The molecule has 1 N–H and O–H groups in total. The van der Waals surface area contributed by atoms with Crippen molar-refractivity contribution in [1.82, 2.24) is 10.2 Å². The zero-order valence-corrected chi connectivity index (χ0v) is 17.2. The van der Waals surface area contributed by atoms with E-state index in [-0.39, 0.29) is 11.8 Å².